The molecule has 6 nitrogen and oxygen atoms in total. The number of hydrogen-bond donors (Lipinski definition) is 1. The van der Waals surface area contributed by atoms with Crippen LogP contribution in [0.4, 0.5) is 4.79 Å². The molecule has 1 aromatic rings. The third-order valence-electron chi connectivity index (χ3n) is 5.59. The van der Waals surface area contributed by atoms with Gasteiger partial charge in [-0.25, -0.2) is 4.79 Å². The smallest absolute Gasteiger partial charge is 0.407 e. The number of fused-ring (bicyclic) bond motifs is 1. The van der Waals surface area contributed by atoms with Crippen LogP contribution in [0.15, 0.2) is 12.1 Å². The highest BCUT2D eigenvalue weighted by molar-refractivity contribution is 5.67. The summed E-state index contributed by atoms with van der Waals surface area (Å²) in [6.07, 6.45) is 3.92. The number of amides is 1. The minimum atomic E-state index is -0.317. The van der Waals surface area contributed by atoms with E-state index >= 15 is 0 Å². The van der Waals surface area contributed by atoms with Gasteiger partial charge in [-0.05, 0) is 37.4 Å². The van der Waals surface area contributed by atoms with Gasteiger partial charge >= 0.3 is 6.09 Å². The van der Waals surface area contributed by atoms with Crippen LogP contribution in [0.1, 0.15) is 50.7 Å². The zero-order chi connectivity index (χ0) is 20.1. The molecular formula is C22H34N2O4. The van der Waals surface area contributed by atoms with E-state index < -0.39 is 0 Å². The van der Waals surface area contributed by atoms with Crippen LogP contribution < -0.4 is 14.8 Å². The van der Waals surface area contributed by atoms with Crippen molar-refractivity contribution in [3.63, 3.8) is 0 Å². The minimum absolute atomic E-state index is 0.00842. The number of benzene rings is 1. The average molecular weight is 391 g/mol. The molecule has 6 heteroatoms. The Labute approximate surface area is 168 Å². The van der Waals surface area contributed by atoms with Gasteiger partial charge in [0, 0.05) is 38.0 Å². The molecule has 2 bridgehead atoms. The summed E-state index contributed by atoms with van der Waals surface area (Å²) in [5.74, 6) is 2.07. The molecule has 2 heterocycles. The molecular weight excluding hydrogens is 356 g/mol. The molecule has 0 saturated carbocycles. The number of rotatable bonds is 5. The summed E-state index contributed by atoms with van der Waals surface area (Å²) in [7, 11) is 3.82. The highest BCUT2D eigenvalue weighted by Gasteiger charge is 2.33. The number of nitrogens with zero attached hydrogens (tertiary/aromatic N) is 1. The van der Waals surface area contributed by atoms with Crippen molar-refractivity contribution in [2.75, 3.05) is 27.2 Å². The molecule has 1 N–H and O–H groups in total. The molecule has 0 fully saturated rings. The summed E-state index contributed by atoms with van der Waals surface area (Å²) in [6, 6.07) is 4.15. The normalized spacial score (nSPS) is 24.8. The van der Waals surface area contributed by atoms with Gasteiger partial charge in [-0.2, -0.15) is 0 Å². The van der Waals surface area contributed by atoms with E-state index in [1.807, 2.05) is 6.07 Å². The van der Waals surface area contributed by atoms with Crippen LogP contribution >= 0.6 is 0 Å². The molecule has 3 rings (SSSR count). The molecule has 1 aromatic carbocycles. The van der Waals surface area contributed by atoms with Crippen LogP contribution in [0.3, 0.4) is 0 Å². The van der Waals surface area contributed by atoms with Crippen molar-refractivity contribution in [1.82, 2.24) is 10.2 Å². The molecule has 0 saturated heterocycles. The van der Waals surface area contributed by atoms with Gasteiger partial charge in [0.1, 0.15) is 12.2 Å². The molecule has 0 aromatic heterocycles. The second kappa shape index (κ2) is 9.50. The Bertz CT molecular complexity index is 679. The van der Waals surface area contributed by atoms with Crippen molar-refractivity contribution < 1.29 is 19.0 Å². The first-order valence-corrected chi connectivity index (χ1v) is 10.5. The lowest BCUT2D eigenvalue weighted by molar-refractivity contribution is 0.0509. The molecule has 0 aliphatic carbocycles. The zero-order valence-electron chi connectivity index (χ0n) is 17.6. The molecule has 2 aliphatic rings. The van der Waals surface area contributed by atoms with Gasteiger partial charge in [0.25, 0.3) is 0 Å². The summed E-state index contributed by atoms with van der Waals surface area (Å²) >= 11 is 0. The first-order chi connectivity index (χ1) is 13.5. The van der Waals surface area contributed by atoms with Crippen molar-refractivity contribution in [3.8, 4) is 11.5 Å². The predicted molar refractivity (Wildman–Crippen MR) is 109 cm³/mol. The van der Waals surface area contributed by atoms with Gasteiger partial charge in [0.15, 0.2) is 11.5 Å². The Morgan fingerprint density at radius 2 is 2.18 bits per heavy atom. The van der Waals surface area contributed by atoms with Crippen molar-refractivity contribution >= 4 is 6.09 Å². The standard InChI is InChI=1S/C22H34N2O4/c1-5-6-9-23-22(25)28-17-10-15(2)13-24(3)14-16-7-8-20(26-4)21-19(16)12-18(11-17)27-21/h7-8,15,17-18H,5-6,9-14H2,1-4H3,(H,23,25)/t15?,17-,18-/m0/s1. The number of methoxy groups -OCH3 is 1. The molecule has 28 heavy (non-hydrogen) atoms. The van der Waals surface area contributed by atoms with Gasteiger partial charge in [-0.15, -0.1) is 0 Å². The molecule has 0 spiro atoms. The van der Waals surface area contributed by atoms with Gasteiger partial charge in [0.2, 0.25) is 0 Å². The maximum atomic E-state index is 12.2. The Morgan fingerprint density at radius 3 is 2.93 bits per heavy atom. The van der Waals surface area contributed by atoms with Crippen LogP contribution in [0, 0.1) is 5.92 Å². The van der Waals surface area contributed by atoms with Crippen LogP contribution in [0.5, 0.6) is 11.5 Å². The summed E-state index contributed by atoms with van der Waals surface area (Å²) < 4.78 is 17.6. The van der Waals surface area contributed by atoms with Crippen molar-refractivity contribution in [3.05, 3.63) is 23.3 Å². The lowest BCUT2D eigenvalue weighted by Crippen LogP contribution is -2.34. The maximum absolute atomic E-state index is 12.2. The first kappa shape index (κ1) is 20.8. The summed E-state index contributed by atoms with van der Waals surface area (Å²) in [4.78, 5) is 14.6. The Morgan fingerprint density at radius 1 is 1.36 bits per heavy atom. The summed E-state index contributed by atoms with van der Waals surface area (Å²) in [6.45, 7) is 6.83. The van der Waals surface area contributed by atoms with E-state index in [1.54, 1.807) is 7.11 Å². The second-order valence-corrected chi connectivity index (χ2v) is 8.26. The average Bonchev–Trinajstić information content (AvgIpc) is 3.04. The van der Waals surface area contributed by atoms with Crippen LogP contribution in [-0.2, 0) is 17.7 Å². The van der Waals surface area contributed by atoms with Crippen molar-refractivity contribution in [1.29, 1.82) is 0 Å². The number of nitrogens with one attached hydrogen (secondary N) is 1. The second-order valence-electron chi connectivity index (χ2n) is 8.26. The van der Waals surface area contributed by atoms with E-state index in [2.05, 4.69) is 37.2 Å². The van der Waals surface area contributed by atoms with Crippen molar-refractivity contribution in [2.24, 2.45) is 5.92 Å². The van der Waals surface area contributed by atoms with Crippen LogP contribution in [0.2, 0.25) is 0 Å². The number of carbonyl (C=O) groups excluding carboxylic acids is 1. The first-order valence-electron chi connectivity index (χ1n) is 10.5. The molecule has 2 aliphatic heterocycles. The minimum Gasteiger partial charge on any atom is -0.493 e. The molecule has 0 radical (unpaired) electrons. The highest BCUT2D eigenvalue weighted by Crippen LogP contribution is 2.42. The number of alkyl carbamates (subject to hydrolysis) is 1. The topological polar surface area (TPSA) is 60.0 Å². The van der Waals surface area contributed by atoms with E-state index in [0.29, 0.717) is 18.9 Å². The largest absolute Gasteiger partial charge is 0.493 e. The van der Waals surface area contributed by atoms with Gasteiger partial charge in [-0.3, -0.25) is 0 Å². The van der Waals surface area contributed by atoms with Gasteiger partial charge < -0.3 is 24.4 Å². The predicted octanol–water partition coefficient (Wildman–Crippen LogP) is 3.76. The molecule has 3 atom stereocenters. The number of hydrogen-bond acceptors (Lipinski definition) is 5. The van der Waals surface area contributed by atoms with E-state index in [4.69, 9.17) is 14.2 Å². The zero-order valence-corrected chi connectivity index (χ0v) is 17.6. The van der Waals surface area contributed by atoms with Gasteiger partial charge in [-0.1, -0.05) is 26.3 Å². The Kier molecular flexibility index (Phi) is 7.05. The monoisotopic (exact) mass is 390 g/mol. The fraction of sp³-hybridized carbons (Fsp3) is 0.682. The summed E-state index contributed by atoms with van der Waals surface area (Å²) in [5, 5.41) is 2.87. The molecule has 1 unspecified atom stereocenters. The lowest BCUT2D eigenvalue weighted by atomic mass is 9.97. The number of carbonyl (C=O) groups is 1. The fourth-order valence-electron chi connectivity index (χ4n) is 4.33. The van der Waals surface area contributed by atoms with E-state index in [9.17, 15) is 4.79 Å². The lowest BCUT2D eigenvalue weighted by Gasteiger charge is -2.27. The van der Waals surface area contributed by atoms with E-state index in [-0.39, 0.29) is 18.3 Å². The summed E-state index contributed by atoms with van der Waals surface area (Å²) in [5.41, 5.74) is 2.53. The van der Waals surface area contributed by atoms with E-state index in [0.717, 1.165) is 50.3 Å². The van der Waals surface area contributed by atoms with Crippen LogP contribution in [-0.4, -0.2) is 50.4 Å². The van der Waals surface area contributed by atoms with Crippen LogP contribution in [0.25, 0.3) is 0 Å². The molecule has 1 amide bonds. The number of unbranched alkanes of at least 4 members (excludes halogenated alkanes) is 1. The van der Waals surface area contributed by atoms with Crippen molar-refractivity contribution in [2.45, 2.75) is 64.7 Å². The molecule has 156 valence electrons. The highest BCUT2D eigenvalue weighted by atomic mass is 16.6. The van der Waals surface area contributed by atoms with Gasteiger partial charge in [0.05, 0.1) is 7.11 Å². The quantitative estimate of drug-likeness (QED) is 0.776. The number of ether oxygens (including phenoxy) is 3. The maximum Gasteiger partial charge on any atom is 0.407 e. The fourth-order valence-corrected chi connectivity index (χ4v) is 4.33. The Balaban J connectivity index is 1.76. The Hall–Kier alpha value is -1.95. The van der Waals surface area contributed by atoms with E-state index in [1.165, 1.54) is 11.1 Å². The third kappa shape index (κ3) is 5.10. The SMILES string of the molecule is CCCCNC(=O)O[C@H]1CC(C)CN(C)Cc2ccc(OC)c3c2C[C@H](C1)O3. The third-order valence-corrected chi connectivity index (χ3v) is 5.59.